The van der Waals surface area contributed by atoms with E-state index in [1.165, 1.54) is 4.90 Å². The Morgan fingerprint density at radius 2 is 2.25 bits per heavy atom. The van der Waals surface area contributed by atoms with E-state index in [0.717, 1.165) is 18.3 Å². The molecule has 1 aromatic heterocycles. The zero-order valence-electron chi connectivity index (χ0n) is 10.4. The lowest BCUT2D eigenvalue weighted by Gasteiger charge is -2.34. The molecule has 0 bridgehead atoms. The average molecular weight is 290 g/mol. The second kappa shape index (κ2) is 5.76. The van der Waals surface area contributed by atoms with Crippen molar-refractivity contribution in [1.82, 2.24) is 9.88 Å². The number of carbonyl (C=O) groups excluding carboxylic acids is 1. The largest absolute Gasteiger partial charge is 0.433 e. The number of aliphatic hydroxyl groups is 1. The molecule has 2 rings (SSSR count). The van der Waals surface area contributed by atoms with E-state index in [1.54, 1.807) is 0 Å². The van der Waals surface area contributed by atoms with Crippen LogP contribution in [0, 0.1) is 0 Å². The van der Waals surface area contributed by atoms with Crippen molar-refractivity contribution in [3.8, 4) is 0 Å². The number of morpholine rings is 1. The Bertz CT molecular complexity index is 476. The Labute approximate surface area is 113 Å². The highest BCUT2D eigenvalue weighted by atomic mass is 19.4. The van der Waals surface area contributed by atoms with Crippen molar-refractivity contribution < 1.29 is 27.8 Å². The van der Waals surface area contributed by atoms with Crippen LogP contribution in [0.4, 0.5) is 13.2 Å². The van der Waals surface area contributed by atoms with Crippen LogP contribution in [0.5, 0.6) is 0 Å². The van der Waals surface area contributed by atoms with Crippen LogP contribution in [-0.4, -0.2) is 53.3 Å². The van der Waals surface area contributed by atoms with Crippen LogP contribution in [0.3, 0.4) is 0 Å². The van der Waals surface area contributed by atoms with E-state index in [0.29, 0.717) is 6.61 Å². The van der Waals surface area contributed by atoms with E-state index in [4.69, 9.17) is 9.84 Å². The first-order chi connectivity index (χ1) is 9.43. The van der Waals surface area contributed by atoms with Gasteiger partial charge in [-0.2, -0.15) is 13.2 Å². The first-order valence-corrected chi connectivity index (χ1v) is 5.96. The second-order valence-corrected chi connectivity index (χ2v) is 4.34. The van der Waals surface area contributed by atoms with Gasteiger partial charge in [0.25, 0.3) is 5.91 Å². The molecule has 8 heteroatoms. The summed E-state index contributed by atoms with van der Waals surface area (Å²) in [5, 5.41) is 9.17. The number of hydrogen-bond acceptors (Lipinski definition) is 4. The number of alkyl halides is 3. The van der Waals surface area contributed by atoms with Gasteiger partial charge >= 0.3 is 6.18 Å². The fraction of sp³-hybridized carbons (Fsp3) is 0.500. The number of hydrogen-bond donors (Lipinski definition) is 1. The van der Waals surface area contributed by atoms with Gasteiger partial charge in [-0.25, -0.2) is 0 Å². The molecule has 1 aromatic rings. The zero-order valence-corrected chi connectivity index (χ0v) is 10.4. The lowest BCUT2D eigenvalue weighted by molar-refractivity contribution is -0.141. The van der Waals surface area contributed by atoms with Crippen LogP contribution in [-0.2, 0) is 10.9 Å². The average Bonchev–Trinajstić information content (AvgIpc) is 2.45. The number of pyridine rings is 1. The summed E-state index contributed by atoms with van der Waals surface area (Å²) < 4.78 is 42.3. The second-order valence-electron chi connectivity index (χ2n) is 4.34. The van der Waals surface area contributed by atoms with Crippen LogP contribution in [0.25, 0.3) is 0 Å². The molecule has 20 heavy (non-hydrogen) atoms. The fourth-order valence-corrected chi connectivity index (χ4v) is 1.93. The highest BCUT2D eigenvalue weighted by molar-refractivity contribution is 5.94. The summed E-state index contributed by atoms with van der Waals surface area (Å²) in [6.07, 6.45) is -3.64. The van der Waals surface area contributed by atoms with Crippen molar-refractivity contribution in [2.45, 2.75) is 12.2 Å². The molecular formula is C12H13F3N2O3. The van der Waals surface area contributed by atoms with E-state index < -0.39 is 23.8 Å². The van der Waals surface area contributed by atoms with Gasteiger partial charge < -0.3 is 14.7 Å². The Balaban J connectivity index is 2.16. The zero-order chi connectivity index (χ0) is 14.8. The van der Waals surface area contributed by atoms with Gasteiger partial charge in [0.15, 0.2) is 0 Å². The minimum Gasteiger partial charge on any atom is -0.394 e. The van der Waals surface area contributed by atoms with E-state index in [2.05, 4.69) is 4.98 Å². The summed E-state index contributed by atoms with van der Waals surface area (Å²) in [6.45, 7) is 0.553. The first kappa shape index (κ1) is 14.7. The normalized spacial score (nSPS) is 20.0. The molecule has 1 aliphatic heterocycles. The molecule has 1 saturated heterocycles. The van der Waals surface area contributed by atoms with Gasteiger partial charge in [0.05, 0.1) is 31.4 Å². The van der Waals surface area contributed by atoms with Crippen LogP contribution in [0.1, 0.15) is 16.1 Å². The summed E-state index contributed by atoms with van der Waals surface area (Å²) >= 11 is 0. The predicted octanol–water partition coefficient (Wildman–Crippen LogP) is 0.934. The minimum atomic E-state index is -4.53. The highest BCUT2D eigenvalue weighted by Crippen LogP contribution is 2.27. The molecule has 1 fully saturated rings. The Kier molecular flexibility index (Phi) is 4.24. The number of aliphatic hydroxyl groups excluding tert-OH is 1. The molecule has 1 N–H and O–H groups in total. The number of halogens is 3. The number of aromatic nitrogens is 1. The maximum atomic E-state index is 12.4. The number of ether oxygens (including phenoxy) is 1. The van der Waals surface area contributed by atoms with Gasteiger partial charge in [0, 0.05) is 12.7 Å². The summed E-state index contributed by atoms with van der Waals surface area (Å²) in [4.78, 5) is 16.8. The molecule has 1 aliphatic rings. The number of rotatable bonds is 2. The van der Waals surface area contributed by atoms with Gasteiger partial charge in [-0.15, -0.1) is 0 Å². The molecule has 0 saturated carbocycles. The third kappa shape index (κ3) is 3.07. The van der Waals surface area contributed by atoms with Crippen molar-refractivity contribution in [1.29, 1.82) is 0 Å². The van der Waals surface area contributed by atoms with Gasteiger partial charge in [-0.3, -0.25) is 9.78 Å². The van der Waals surface area contributed by atoms with Gasteiger partial charge in [-0.05, 0) is 12.1 Å². The van der Waals surface area contributed by atoms with E-state index >= 15 is 0 Å². The van der Waals surface area contributed by atoms with Gasteiger partial charge in [0.1, 0.15) is 5.69 Å². The summed E-state index contributed by atoms with van der Waals surface area (Å²) in [5.74, 6) is -0.464. The van der Waals surface area contributed by atoms with Crippen LogP contribution < -0.4 is 0 Å². The SMILES string of the molecule is O=C(c1ccc(C(F)(F)F)nc1)N1CCOCC1CO. The molecule has 0 aromatic carbocycles. The minimum absolute atomic E-state index is 0.0540. The smallest absolute Gasteiger partial charge is 0.394 e. The molecule has 2 heterocycles. The highest BCUT2D eigenvalue weighted by Gasteiger charge is 2.33. The Hall–Kier alpha value is -1.67. The molecule has 1 atom stereocenters. The molecule has 0 aliphatic carbocycles. The van der Waals surface area contributed by atoms with Crippen LogP contribution in [0.15, 0.2) is 18.3 Å². The molecule has 1 unspecified atom stereocenters. The number of nitrogens with zero attached hydrogens (tertiary/aromatic N) is 2. The number of carbonyl (C=O) groups is 1. The van der Waals surface area contributed by atoms with Crippen molar-refractivity contribution >= 4 is 5.91 Å². The van der Waals surface area contributed by atoms with Crippen molar-refractivity contribution in [3.05, 3.63) is 29.6 Å². The Morgan fingerprint density at radius 3 is 2.80 bits per heavy atom. The monoisotopic (exact) mass is 290 g/mol. The van der Waals surface area contributed by atoms with E-state index in [-0.39, 0.29) is 25.3 Å². The quantitative estimate of drug-likeness (QED) is 0.880. The third-order valence-electron chi connectivity index (χ3n) is 3.00. The number of amides is 1. The molecule has 0 spiro atoms. The maximum absolute atomic E-state index is 12.4. The summed E-state index contributed by atoms with van der Waals surface area (Å²) in [6, 6.07) is 1.36. The van der Waals surface area contributed by atoms with Crippen molar-refractivity contribution in [3.63, 3.8) is 0 Å². The van der Waals surface area contributed by atoms with Gasteiger partial charge in [0.2, 0.25) is 0 Å². The summed E-state index contributed by atoms with van der Waals surface area (Å²) in [7, 11) is 0. The van der Waals surface area contributed by atoms with E-state index in [1.807, 2.05) is 0 Å². The van der Waals surface area contributed by atoms with Crippen LogP contribution >= 0.6 is 0 Å². The molecule has 1 amide bonds. The fourth-order valence-electron chi connectivity index (χ4n) is 1.93. The van der Waals surface area contributed by atoms with Crippen molar-refractivity contribution in [2.24, 2.45) is 0 Å². The lowest BCUT2D eigenvalue weighted by Crippen LogP contribution is -2.50. The third-order valence-corrected chi connectivity index (χ3v) is 3.00. The van der Waals surface area contributed by atoms with Gasteiger partial charge in [-0.1, -0.05) is 0 Å². The first-order valence-electron chi connectivity index (χ1n) is 5.96. The Morgan fingerprint density at radius 1 is 1.50 bits per heavy atom. The van der Waals surface area contributed by atoms with E-state index in [9.17, 15) is 18.0 Å². The molecular weight excluding hydrogens is 277 g/mol. The topological polar surface area (TPSA) is 62.7 Å². The molecule has 110 valence electrons. The van der Waals surface area contributed by atoms with Crippen molar-refractivity contribution in [2.75, 3.05) is 26.4 Å². The lowest BCUT2D eigenvalue weighted by atomic mass is 10.1. The molecule has 0 radical (unpaired) electrons. The standard InChI is InChI=1S/C12H13F3N2O3/c13-12(14,15)10-2-1-8(5-16-10)11(19)17-3-4-20-7-9(17)6-18/h1-2,5,9,18H,3-4,6-7H2. The van der Waals surface area contributed by atoms with Crippen LogP contribution in [0.2, 0.25) is 0 Å². The molecule has 5 nitrogen and oxygen atoms in total. The predicted molar refractivity (Wildman–Crippen MR) is 62.0 cm³/mol. The summed E-state index contributed by atoms with van der Waals surface area (Å²) in [5.41, 5.74) is -0.993. The maximum Gasteiger partial charge on any atom is 0.433 e.